The van der Waals surface area contributed by atoms with E-state index in [1.807, 2.05) is 7.05 Å². The molecule has 0 heterocycles. The molecule has 108 valence electrons. The molecule has 0 aromatic rings. The van der Waals surface area contributed by atoms with Crippen molar-refractivity contribution < 1.29 is 4.79 Å². The van der Waals surface area contributed by atoms with Gasteiger partial charge in [-0.25, -0.2) is 0 Å². The zero-order valence-electron chi connectivity index (χ0n) is 12.6. The van der Waals surface area contributed by atoms with Gasteiger partial charge in [-0.3, -0.25) is 4.79 Å². The van der Waals surface area contributed by atoms with Gasteiger partial charge in [-0.15, -0.1) is 0 Å². The van der Waals surface area contributed by atoms with Crippen molar-refractivity contribution in [2.45, 2.75) is 58.4 Å². The Hall–Kier alpha value is -0.570. The van der Waals surface area contributed by atoms with Crippen LogP contribution in [0, 0.1) is 22.7 Å². The van der Waals surface area contributed by atoms with Crippen LogP contribution in [0.3, 0.4) is 0 Å². The lowest BCUT2D eigenvalue weighted by Gasteiger charge is -2.60. The van der Waals surface area contributed by atoms with Crippen molar-refractivity contribution in [3.8, 4) is 0 Å². The van der Waals surface area contributed by atoms with Gasteiger partial charge in [0, 0.05) is 12.6 Å². The highest BCUT2D eigenvalue weighted by Crippen LogP contribution is 2.65. The topological polar surface area (TPSA) is 41.1 Å². The molecule has 3 nitrogen and oxygen atoms in total. The van der Waals surface area contributed by atoms with Gasteiger partial charge in [0.2, 0.25) is 5.91 Å². The summed E-state index contributed by atoms with van der Waals surface area (Å²) in [6.07, 6.45) is 7.55. The highest BCUT2D eigenvalue weighted by atomic mass is 16.2. The van der Waals surface area contributed by atoms with Crippen molar-refractivity contribution in [2.24, 2.45) is 22.7 Å². The van der Waals surface area contributed by atoms with E-state index in [4.69, 9.17) is 0 Å². The second-order valence-electron chi connectivity index (χ2n) is 7.95. The number of hydrogen-bond donors (Lipinski definition) is 2. The molecule has 19 heavy (non-hydrogen) atoms. The lowest BCUT2D eigenvalue weighted by atomic mass is 9.44. The molecule has 3 atom stereocenters. The predicted molar refractivity (Wildman–Crippen MR) is 76.8 cm³/mol. The van der Waals surface area contributed by atoms with Crippen LogP contribution in [0.5, 0.6) is 0 Å². The molecule has 0 radical (unpaired) electrons. The predicted octanol–water partition coefficient (Wildman–Crippen LogP) is 2.32. The first kappa shape index (κ1) is 13.4. The average Bonchev–Trinajstić information content (AvgIpc) is 2.32. The Morgan fingerprint density at radius 2 is 1.89 bits per heavy atom. The van der Waals surface area contributed by atoms with Gasteiger partial charge >= 0.3 is 0 Å². The summed E-state index contributed by atoms with van der Waals surface area (Å²) in [5.74, 6) is 1.98. The van der Waals surface area contributed by atoms with E-state index >= 15 is 0 Å². The zero-order chi connectivity index (χ0) is 13.7. The first-order chi connectivity index (χ1) is 8.95. The number of hydrogen-bond acceptors (Lipinski definition) is 2. The quantitative estimate of drug-likeness (QED) is 0.818. The molecule has 0 saturated heterocycles. The van der Waals surface area contributed by atoms with Crippen molar-refractivity contribution in [3.05, 3.63) is 0 Å². The van der Waals surface area contributed by atoms with E-state index in [-0.39, 0.29) is 5.41 Å². The van der Waals surface area contributed by atoms with E-state index in [1.54, 1.807) is 0 Å². The van der Waals surface area contributed by atoms with Crippen LogP contribution in [-0.2, 0) is 4.79 Å². The molecule has 0 spiro atoms. The largest absolute Gasteiger partial charge is 0.354 e. The lowest BCUT2D eigenvalue weighted by Crippen LogP contribution is -2.57. The Morgan fingerprint density at radius 1 is 1.26 bits per heavy atom. The maximum absolute atomic E-state index is 12.7. The summed E-state index contributed by atoms with van der Waals surface area (Å²) in [7, 11) is 1.95. The van der Waals surface area contributed by atoms with Crippen LogP contribution in [0.1, 0.15) is 52.4 Å². The third-order valence-corrected chi connectivity index (χ3v) is 5.90. The molecular weight excluding hydrogens is 236 g/mol. The summed E-state index contributed by atoms with van der Waals surface area (Å²) in [5.41, 5.74) is 0.433. The number of nitrogens with one attached hydrogen (secondary N) is 2. The normalized spacial score (nSPS) is 45.2. The van der Waals surface area contributed by atoms with Gasteiger partial charge in [0.25, 0.3) is 0 Å². The van der Waals surface area contributed by atoms with E-state index in [2.05, 4.69) is 24.5 Å². The fraction of sp³-hybridized carbons (Fsp3) is 0.938. The minimum atomic E-state index is -0.0215. The third kappa shape index (κ3) is 2.31. The van der Waals surface area contributed by atoms with Crippen molar-refractivity contribution in [1.82, 2.24) is 10.6 Å². The molecule has 3 unspecified atom stereocenters. The fourth-order valence-corrected chi connectivity index (χ4v) is 5.52. The second kappa shape index (κ2) is 4.47. The van der Waals surface area contributed by atoms with Crippen LogP contribution < -0.4 is 10.6 Å². The maximum atomic E-state index is 12.7. The molecule has 3 heteroatoms. The van der Waals surface area contributed by atoms with Crippen LogP contribution in [0.4, 0.5) is 0 Å². The highest BCUT2D eigenvalue weighted by molar-refractivity contribution is 5.83. The van der Waals surface area contributed by atoms with E-state index in [1.165, 1.54) is 19.3 Å². The van der Waals surface area contributed by atoms with Crippen LogP contribution in [0.15, 0.2) is 0 Å². The Kier molecular flexibility index (Phi) is 3.16. The third-order valence-electron chi connectivity index (χ3n) is 5.90. The first-order valence-corrected chi connectivity index (χ1v) is 7.90. The molecule has 0 aromatic carbocycles. The van der Waals surface area contributed by atoms with Crippen LogP contribution >= 0.6 is 0 Å². The van der Waals surface area contributed by atoms with Gasteiger partial charge in [0.1, 0.15) is 0 Å². The fourth-order valence-electron chi connectivity index (χ4n) is 5.52. The van der Waals surface area contributed by atoms with E-state index in [9.17, 15) is 4.79 Å². The van der Waals surface area contributed by atoms with E-state index in [0.717, 1.165) is 37.6 Å². The Balaban J connectivity index is 1.71. The summed E-state index contributed by atoms with van der Waals surface area (Å²) in [4.78, 5) is 12.7. The van der Waals surface area contributed by atoms with Crippen LogP contribution in [0.2, 0.25) is 0 Å². The summed E-state index contributed by atoms with van der Waals surface area (Å²) < 4.78 is 0. The minimum Gasteiger partial charge on any atom is -0.354 e. The standard InChI is InChI=1S/C16H28N2O/c1-11(17-3)9-18-14(19)16-7-12-4-13(8-16)6-15(2,5-12)10-16/h11-13,17H,4-10H2,1-3H3,(H,18,19). The maximum Gasteiger partial charge on any atom is 0.226 e. The Morgan fingerprint density at radius 3 is 2.42 bits per heavy atom. The first-order valence-electron chi connectivity index (χ1n) is 7.90. The molecule has 2 N–H and O–H groups in total. The zero-order valence-corrected chi connectivity index (χ0v) is 12.6. The summed E-state index contributed by atoms with van der Waals surface area (Å²) in [6.45, 7) is 5.28. The molecule has 4 fully saturated rings. The molecule has 1 amide bonds. The SMILES string of the molecule is CNC(C)CNC(=O)C12CC3CC(CC(C)(C3)C1)C2. The van der Waals surface area contributed by atoms with Gasteiger partial charge < -0.3 is 10.6 Å². The molecule has 4 bridgehead atoms. The Labute approximate surface area is 116 Å². The van der Waals surface area contributed by atoms with E-state index in [0.29, 0.717) is 17.4 Å². The molecule has 0 aromatic heterocycles. The molecule has 4 rings (SSSR count). The van der Waals surface area contributed by atoms with Crippen LogP contribution in [0.25, 0.3) is 0 Å². The molecular formula is C16H28N2O. The summed E-state index contributed by atoms with van der Waals surface area (Å²) in [6, 6.07) is 0.355. The lowest BCUT2D eigenvalue weighted by molar-refractivity contribution is -0.155. The molecule has 4 saturated carbocycles. The van der Waals surface area contributed by atoms with Gasteiger partial charge in [-0.1, -0.05) is 6.92 Å². The highest BCUT2D eigenvalue weighted by Gasteiger charge is 2.58. The monoisotopic (exact) mass is 264 g/mol. The van der Waals surface area contributed by atoms with Crippen molar-refractivity contribution in [1.29, 1.82) is 0 Å². The number of likely N-dealkylation sites (N-methyl/N-ethyl adjacent to an activating group) is 1. The molecule has 4 aliphatic carbocycles. The van der Waals surface area contributed by atoms with Gasteiger partial charge in [0.05, 0.1) is 5.41 Å². The number of carbonyl (C=O) groups excluding carboxylic acids is 1. The number of carbonyl (C=O) groups is 1. The van der Waals surface area contributed by atoms with Crippen molar-refractivity contribution in [3.63, 3.8) is 0 Å². The van der Waals surface area contributed by atoms with Crippen molar-refractivity contribution >= 4 is 5.91 Å². The van der Waals surface area contributed by atoms with Gasteiger partial charge in [-0.05, 0) is 69.7 Å². The molecule has 0 aliphatic heterocycles. The number of rotatable bonds is 4. The van der Waals surface area contributed by atoms with Crippen LogP contribution in [-0.4, -0.2) is 25.5 Å². The summed E-state index contributed by atoms with van der Waals surface area (Å²) in [5, 5.41) is 6.39. The molecule has 4 aliphatic rings. The smallest absolute Gasteiger partial charge is 0.226 e. The van der Waals surface area contributed by atoms with Crippen molar-refractivity contribution in [2.75, 3.05) is 13.6 Å². The second-order valence-corrected chi connectivity index (χ2v) is 7.95. The average molecular weight is 264 g/mol. The Bertz CT molecular complexity index is 365. The number of amides is 1. The minimum absolute atomic E-state index is 0.0215. The van der Waals surface area contributed by atoms with Gasteiger partial charge in [0.15, 0.2) is 0 Å². The van der Waals surface area contributed by atoms with E-state index < -0.39 is 0 Å². The van der Waals surface area contributed by atoms with Gasteiger partial charge in [-0.2, -0.15) is 0 Å². The summed E-state index contributed by atoms with van der Waals surface area (Å²) >= 11 is 0.